The number of halogens is 2. The molecule has 0 spiro atoms. The lowest BCUT2D eigenvalue weighted by Crippen LogP contribution is -2.34. The number of hydrogen-bond donors (Lipinski definition) is 3. The predicted octanol–water partition coefficient (Wildman–Crippen LogP) is 0.961. The van der Waals surface area contributed by atoms with Crippen molar-refractivity contribution in [3.8, 4) is 5.69 Å². The van der Waals surface area contributed by atoms with Crippen molar-refractivity contribution in [2.45, 2.75) is 13.0 Å². The number of hydrogen-bond acceptors (Lipinski definition) is 5. The number of para-hydroxylation sites is 1. The van der Waals surface area contributed by atoms with Crippen molar-refractivity contribution in [2.24, 2.45) is 5.92 Å². The van der Waals surface area contributed by atoms with Gasteiger partial charge in [0.15, 0.2) is 5.69 Å². The minimum Gasteiger partial charge on any atom is -0.391 e. The molecule has 1 amide bonds. The number of carbonyl (C=O) groups is 1. The van der Waals surface area contributed by atoms with E-state index in [2.05, 4.69) is 20.9 Å². The highest BCUT2D eigenvalue weighted by Crippen LogP contribution is 2.21. The monoisotopic (exact) mass is 371 g/mol. The van der Waals surface area contributed by atoms with E-state index in [1.165, 1.54) is 0 Å². The number of carbonyl (C=O) groups excluding carboxylic acids is 1. The Labute approximate surface area is 150 Å². The number of β-amino-alcohol motifs (C(OH)–C–C–N with tert-alkyl or cyclic N) is 1. The van der Waals surface area contributed by atoms with E-state index in [1.807, 2.05) is 18.2 Å². The third-order valence-electron chi connectivity index (χ3n) is 4.02. The van der Waals surface area contributed by atoms with Crippen LogP contribution in [0, 0.1) is 12.8 Å². The Kier molecular flexibility index (Phi) is 6.17. The summed E-state index contributed by atoms with van der Waals surface area (Å²) >= 11 is 6.16. The first kappa shape index (κ1) is 18.7. The number of nitrogens with zero attached hydrogens (tertiary/aromatic N) is 3. The van der Waals surface area contributed by atoms with Crippen LogP contribution in [0.25, 0.3) is 5.69 Å². The largest absolute Gasteiger partial charge is 0.391 e. The molecule has 2 unspecified atom stereocenters. The molecule has 1 aromatic heterocycles. The second-order valence-corrected chi connectivity index (χ2v) is 5.99. The first-order chi connectivity index (χ1) is 11.1. The molecule has 0 radical (unpaired) electrons. The molecule has 0 aliphatic carbocycles. The molecular weight excluding hydrogens is 353 g/mol. The van der Waals surface area contributed by atoms with Crippen molar-refractivity contribution in [3.63, 3.8) is 0 Å². The van der Waals surface area contributed by atoms with Gasteiger partial charge in [0, 0.05) is 25.6 Å². The van der Waals surface area contributed by atoms with Crippen molar-refractivity contribution in [1.29, 1.82) is 0 Å². The fourth-order valence-corrected chi connectivity index (χ4v) is 2.84. The second kappa shape index (κ2) is 7.94. The van der Waals surface area contributed by atoms with Gasteiger partial charge in [0.1, 0.15) is 0 Å². The first-order valence-corrected chi connectivity index (χ1v) is 7.80. The Morgan fingerprint density at radius 1 is 1.46 bits per heavy atom. The molecule has 2 heterocycles. The normalized spacial score (nSPS) is 19.8. The fourth-order valence-electron chi connectivity index (χ4n) is 2.63. The smallest absolute Gasteiger partial charge is 0.273 e. The van der Waals surface area contributed by atoms with Crippen LogP contribution < -0.4 is 10.6 Å². The number of aliphatic hydroxyl groups is 1. The summed E-state index contributed by atoms with van der Waals surface area (Å²) in [5, 5.41) is 24.2. The number of benzene rings is 1. The number of aliphatic hydroxyl groups excluding tert-OH is 1. The summed E-state index contributed by atoms with van der Waals surface area (Å²) in [6, 6.07) is 7.24. The van der Waals surface area contributed by atoms with Gasteiger partial charge >= 0.3 is 0 Å². The SMILES string of the molecule is Cc1c(C(=O)NCC2CNCC2O)nnn1-c1ccccc1Cl.Cl. The molecule has 24 heavy (non-hydrogen) atoms. The maximum atomic E-state index is 12.3. The zero-order chi connectivity index (χ0) is 16.4. The van der Waals surface area contributed by atoms with Crippen LogP contribution in [0.3, 0.4) is 0 Å². The average molecular weight is 372 g/mol. The molecule has 2 aromatic rings. The van der Waals surface area contributed by atoms with Gasteiger partial charge in [-0.05, 0) is 19.1 Å². The number of nitrogens with one attached hydrogen (secondary N) is 2. The Hall–Kier alpha value is -1.67. The quantitative estimate of drug-likeness (QED) is 0.744. The summed E-state index contributed by atoms with van der Waals surface area (Å²) in [4.78, 5) is 12.3. The Morgan fingerprint density at radius 3 is 2.88 bits per heavy atom. The molecule has 1 fully saturated rings. The summed E-state index contributed by atoms with van der Waals surface area (Å²) in [6.07, 6.45) is -0.435. The van der Waals surface area contributed by atoms with E-state index >= 15 is 0 Å². The van der Waals surface area contributed by atoms with Crippen LogP contribution in [0.2, 0.25) is 5.02 Å². The highest BCUT2D eigenvalue weighted by molar-refractivity contribution is 6.32. The maximum Gasteiger partial charge on any atom is 0.273 e. The van der Waals surface area contributed by atoms with Crippen LogP contribution in [0.1, 0.15) is 16.2 Å². The Balaban J connectivity index is 0.00000208. The summed E-state index contributed by atoms with van der Waals surface area (Å²) in [5.41, 5.74) is 1.54. The summed E-state index contributed by atoms with van der Waals surface area (Å²) in [7, 11) is 0. The van der Waals surface area contributed by atoms with Crippen LogP contribution >= 0.6 is 24.0 Å². The van der Waals surface area contributed by atoms with E-state index in [4.69, 9.17) is 11.6 Å². The third-order valence-corrected chi connectivity index (χ3v) is 4.34. The lowest BCUT2D eigenvalue weighted by molar-refractivity contribution is 0.0921. The molecule has 1 saturated heterocycles. The van der Waals surface area contributed by atoms with Gasteiger partial charge in [-0.15, -0.1) is 17.5 Å². The molecule has 3 N–H and O–H groups in total. The van der Waals surface area contributed by atoms with Gasteiger partial charge in [0.2, 0.25) is 0 Å². The molecule has 3 rings (SSSR count). The minimum absolute atomic E-state index is 0. The van der Waals surface area contributed by atoms with Crippen molar-refractivity contribution in [3.05, 3.63) is 40.7 Å². The zero-order valence-electron chi connectivity index (χ0n) is 13.1. The molecule has 1 aliphatic heterocycles. The van der Waals surface area contributed by atoms with E-state index in [1.54, 1.807) is 17.7 Å². The zero-order valence-corrected chi connectivity index (χ0v) is 14.6. The third kappa shape index (κ3) is 3.70. The van der Waals surface area contributed by atoms with Crippen LogP contribution in [-0.4, -0.2) is 51.7 Å². The Bertz CT molecular complexity index is 722. The van der Waals surface area contributed by atoms with Gasteiger partial charge < -0.3 is 15.7 Å². The number of aromatic nitrogens is 3. The topological polar surface area (TPSA) is 92.1 Å². The standard InChI is InChI=1S/C15H18ClN5O2.ClH/c1-9-14(15(23)18-7-10-6-17-8-13(10)22)19-20-21(9)12-5-3-2-4-11(12)16;/h2-5,10,13,17,22H,6-8H2,1H3,(H,18,23);1H. The van der Waals surface area contributed by atoms with Gasteiger partial charge in [-0.3, -0.25) is 4.79 Å². The van der Waals surface area contributed by atoms with Crippen LogP contribution in [0.4, 0.5) is 0 Å². The van der Waals surface area contributed by atoms with E-state index in [-0.39, 0.29) is 29.9 Å². The molecule has 0 bridgehead atoms. The molecular formula is C15H19Cl2N5O2. The Morgan fingerprint density at radius 2 is 2.21 bits per heavy atom. The highest BCUT2D eigenvalue weighted by Gasteiger charge is 2.26. The molecule has 1 aliphatic rings. The van der Waals surface area contributed by atoms with Crippen molar-refractivity contribution in [1.82, 2.24) is 25.6 Å². The van der Waals surface area contributed by atoms with Gasteiger partial charge in [-0.1, -0.05) is 28.9 Å². The summed E-state index contributed by atoms with van der Waals surface area (Å²) < 4.78 is 1.54. The lowest BCUT2D eigenvalue weighted by atomic mass is 10.1. The van der Waals surface area contributed by atoms with E-state index in [9.17, 15) is 9.90 Å². The molecule has 130 valence electrons. The first-order valence-electron chi connectivity index (χ1n) is 7.42. The average Bonchev–Trinajstić information content (AvgIpc) is 3.11. The predicted molar refractivity (Wildman–Crippen MR) is 93.1 cm³/mol. The van der Waals surface area contributed by atoms with Crippen LogP contribution in [-0.2, 0) is 0 Å². The minimum atomic E-state index is -0.435. The molecule has 1 aromatic carbocycles. The number of amides is 1. The molecule has 7 nitrogen and oxygen atoms in total. The highest BCUT2D eigenvalue weighted by atomic mass is 35.5. The molecule has 0 saturated carbocycles. The number of rotatable bonds is 4. The maximum absolute atomic E-state index is 12.3. The van der Waals surface area contributed by atoms with Gasteiger partial charge in [-0.25, -0.2) is 4.68 Å². The second-order valence-electron chi connectivity index (χ2n) is 5.58. The van der Waals surface area contributed by atoms with Crippen molar-refractivity contribution < 1.29 is 9.90 Å². The van der Waals surface area contributed by atoms with Crippen molar-refractivity contribution in [2.75, 3.05) is 19.6 Å². The fraction of sp³-hybridized carbons (Fsp3) is 0.400. The van der Waals surface area contributed by atoms with E-state index < -0.39 is 6.10 Å². The van der Waals surface area contributed by atoms with Gasteiger partial charge in [-0.2, -0.15) is 0 Å². The van der Waals surface area contributed by atoms with Crippen LogP contribution in [0.5, 0.6) is 0 Å². The lowest BCUT2D eigenvalue weighted by Gasteiger charge is -2.13. The van der Waals surface area contributed by atoms with Crippen molar-refractivity contribution >= 4 is 29.9 Å². The summed E-state index contributed by atoms with van der Waals surface area (Å²) in [5.74, 6) is -0.294. The van der Waals surface area contributed by atoms with Gasteiger partial charge in [0.05, 0.1) is 22.5 Å². The van der Waals surface area contributed by atoms with Crippen LogP contribution in [0.15, 0.2) is 24.3 Å². The van der Waals surface area contributed by atoms with E-state index in [0.717, 1.165) is 0 Å². The molecule has 2 atom stereocenters. The van der Waals surface area contributed by atoms with Gasteiger partial charge in [0.25, 0.3) is 5.91 Å². The summed E-state index contributed by atoms with van der Waals surface area (Å²) in [6.45, 7) is 3.41. The van der Waals surface area contributed by atoms with E-state index in [0.29, 0.717) is 36.0 Å². The molecule has 9 heteroatoms.